The van der Waals surface area contributed by atoms with Crippen LogP contribution >= 0.6 is 11.3 Å². The van der Waals surface area contributed by atoms with Gasteiger partial charge in [0.1, 0.15) is 5.75 Å². The van der Waals surface area contributed by atoms with Crippen molar-refractivity contribution >= 4 is 34.0 Å². The van der Waals surface area contributed by atoms with Gasteiger partial charge in [-0.1, -0.05) is 42.0 Å². The number of nitrogens with zero attached hydrogens (tertiary/aromatic N) is 2. The lowest BCUT2D eigenvalue weighted by molar-refractivity contribution is -0.123. The Morgan fingerprint density at radius 1 is 1.18 bits per heavy atom. The van der Waals surface area contributed by atoms with Crippen molar-refractivity contribution in [3.05, 3.63) is 59.5 Å². The van der Waals surface area contributed by atoms with Crippen LogP contribution in [0.3, 0.4) is 0 Å². The van der Waals surface area contributed by atoms with Crippen LogP contribution in [-0.4, -0.2) is 29.4 Å². The predicted molar refractivity (Wildman–Crippen MR) is 110 cm³/mol. The highest BCUT2D eigenvalue weighted by Gasteiger charge is 2.32. The van der Waals surface area contributed by atoms with Crippen LogP contribution in [0.25, 0.3) is 11.3 Å². The molecule has 0 fully saturated rings. The van der Waals surface area contributed by atoms with Crippen LogP contribution < -0.4 is 15.0 Å². The van der Waals surface area contributed by atoms with E-state index in [-0.39, 0.29) is 18.4 Å². The van der Waals surface area contributed by atoms with Crippen LogP contribution in [-0.2, 0) is 9.59 Å². The van der Waals surface area contributed by atoms with E-state index in [2.05, 4.69) is 10.3 Å². The Labute approximate surface area is 166 Å². The number of benzene rings is 2. The molecule has 28 heavy (non-hydrogen) atoms. The van der Waals surface area contributed by atoms with Gasteiger partial charge in [-0.3, -0.25) is 14.9 Å². The van der Waals surface area contributed by atoms with Crippen molar-refractivity contribution in [3.63, 3.8) is 0 Å². The molecule has 0 aliphatic carbocycles. The second-order valence-electron chi connectivity index (χ2n) is 6.60. The molecule has 0 radical (unpaired) electrons. The molecule has 1 aliphatic rings. The van der Waals surface area contributed by atoms with Gasteiger partial charge in [-0.25, -0.2) is 4.98 Å². The Bertz CT molecular complexity index is 1030. The van der Waals surface area contributed by atoms with E-state index >= 15 is 0 Å². The fourth-order valence-corrected chi connectivity index (χ4v) is 3.77. The summed E-state index contributed by atoms with van der Waals surface area (Å²) in [5.41, 5.74) is 3.65. The van der Waals surface area contributed by atoms with Gasteiger partial charge in [0.25, 0.3) is 5.91 Å². The van der Waals surface area contributed by atoms with Crippen molar-refractivity contribution in [2.75, 3.05) is 16.8 Å². The fourth-order valence-electron chi connectivity index (χ4n) is 3.04. The largest absolute Gasteiger partial charge is 0.476 e. The van der Waals surface area contributed by atoms with Crippen LogP contribution in [0.15, 0.2) is 53.9 Å². The number of hydrogen-bond acceptors (Lipinski definition) is 5. The molecule has 0 saturated carbocycles. The summed E-state index contributed by atoms with van der Waals surface area (Å²) in [6.45, 7) is 3.67. The van der Waals surface area contributed by atoms with E-state index < -0.39 is 6.10 Å². The summed E-state index contributed by atoms with van der Waals surface area (Å²) in [6, 6.07) is 15.3. The maximum Gasteiger partial charge on any atom is 0.269 e. The lowest BCUT2D eigenvalue weighted by Gasteiger charge is -2.33. The maximum absolute atomic E-state index is 12.7. The summed E-state index contributed by atoms with van der Waals surface area (Å²) in [7, 11) is 0. The number of carbonyl (C=O) groups is 2. The molecule has 1 unspecified atom stereocenters. The number of anilines is 2. The van der Waals surface area contributed by atoms with Crippen LogP contribution in [0.1, 0.15) is 12.5 Å². The molecule has 3 aromatic rings. The number of thiazole rings is 1. The molecule has 1 N–H and O–H groups in total. The van der Waals surface area contributed by atoms with E-state index in [0.717, 1.165) is 11.3 Å². The molecular formula is C21H19N3O3S. The zero-order chi connectivity index (χ0) is 19.7. The number of aromatic nitrogens is 1. The summed E-state index contributed by atoms with van der Waals surface area (Å²) >= 11 is 1.35. The number of ether oxygens (including phenoxy) is 1. The highest BCUT2D eigenvalue weighted by atomic mass is 32.1. The van der Waals surface area contributed by atoms with E-state index in [1.165, 1.54) is 23.8 Å². The van der Waals surface area contributed by atoms with Gasteiger partial charge in [0.2, 0.25) is 5.91 Å². The number of nitrogens with one attached hydrogen (secondary N) is 1. The maximum atomic E-state index is 12.7. The summed E-state index contributed by atoms with van der Waals surface area (Å²) in [6.07, 6.45) is -0.800. The van der Waals surface area contributed by atoms with Gasteiger partial charge >= 0.3 is 0 Å². The molecule has 142 valence electrons. The molecule has 4 rings (SSSR count). The Hall–Kier alpha value is -3.19. The summed E-state index contributed by atoms with van der Waals surface area (Å²) in [4.78, 5) is 30.8. The van der Waals surface area contributed by atoms with Gasteiger partial charge in [0, 0.05) is 17.9 Å². The first-order valence-corrected chi connectivity index (χ1v) is 9.76. The van der Waals surface area contributed by atoms with Crippen molar-refractivity contribution in [3.8, 4) is 17.0 Å². The molecule has 1 atom stereocenters. The van der Waals surface area contributed by atoms with Gasteiger partial charge in [0.15, 0.2) is 11.2 Å². The molecule has 0 bridgehead atoms. The second kappa shape index (κ2) is 7.44. The Morgan fingerprint density at radius 3 is 2.68 bits per heavy atom. The number of aryl methyl sites for hydroxylation is 1. The van der Waals surface area contributed by atoms with Gasteiger partial charge in [-0.15, -0.1) is 11.3 Å². The van der Waals surface area contributed by atoms with Crippen molar-refractivity contribution < 1.29 is 14.3 Å². The summed E-state index contributed by atoms with van der Waals surface area (Å²) in [5.74, 6) is 0.0543. The Morgan fingerprint density at radius 2 is 1.93 bits per heavy atom. The topological polar surface area (TPSA) is 71.5 Å². The first-order chi connectivity index (χ1) is 13.5. The third-order valence-electron chi connectivity index (χ3n) is 4.53. The monoisotopic (exact) mass is 393 g/mol. The summed E-state index contributed by atoms with van der Waals surface area (Å²) in [5, 5.41) is 5.21. The Balaban J connectivity index is 1.50. The van der Waals surface area contributed by atoms with E-state index in [1.54, 1.807) is 17.0 Å². The Kier molecular flexibility index (Phi) is 4.83. The molecule has 2 aromatic carbocycles. The molecule has 1 aromatic heterocycles. The third-order valence-corrected chi connectivity index (χ3v) is 5.29. The van der Waals surface area contributed by atoms with E-state index in [0.29, 0.717) is 16.6 Å². The highest BCUT2D eigenvalue weighted by Crippen LogP contribution is 2.33. The van der Waals surface area contributed by atoms with Crippen LogP contribution in [0.2, 0.25) is 0 Å². The van der Waals surface area contributed by atoms with Crippen molar-refractivity contribution in [2.45, 2.75) is 20.0 Å². The molecule has 2 heterocycles. The summed E-state index contributed by atoms with van der Waals surface area (Å²) < 4.78 is 5.82. The van der Waals surface area contributed by atoms with Crippen molar-refractivity contribution in [2.24, 2.45) is 0 Å². The standard InChI is InChI=1S/C21H19N3O3S/c1-13-7-9-15(10-8-13)16-12-28-21(22-16)23-20(26)19-11-24(14(2)25)17-5-3-4-6-18(17)27-19/h3-10,12,19H,11H2,1-2H3,(H,22,23,26). The SMILES string of the molecule is CC(=O)N1CC(C(=O)Nc2nc(-c3ccc(C)cc3)cs2)Oc2ccccc21. The quantitative estimate of drug-likeness (QED) is 0.733. The number of rotatable bonds is 3. The number of hydrogen-bond donors (Lipinski definition) is 1. The number of carbonyl (C=O) groups excluding carboxylic acids is 2. The first kappa shape index (κ1) is 18.2. The van der Waals surface area contributed by atoms with Crippen molar-refractivity contribution in [1.82, 2.24) is 4.98 Å². The van der Waals surface area contributed by atoms with Crippen LogP contribution in [0.4, 0.5) is 10.8 Å². The average Bonchev–Trinajstić information content (AvgIpc) is 3.16. The molecular weight excluding hydrogens is 374 g/mol. The molecule has 7 heteroatoms. The van der Waals surface area contributed by atoms with Gasteiger partial charge in [0.05, 0.1) is 17.9 Å². The highest BCUT2D eigenvalue weighted by molar-refractivity contribution is 7.14. The number of para-hydroxylation sites is 2. The molecule has 1 aliphatic heterocycles. The van der Waals surface area contributed by atoms with E-state index in [9.17, 15) is 9.59 Å². The zero-order valence-electron chi connectivity index (χ0n) is 15.5. The lowest BCUT2D eigenvalue weighted by Crippen LogP contribution is -2.48. The first-order valence-electron chi connectivity index (χ1n) is 8.88. The van der Waals surface area contributed by atoms with Crippen molar-refractivity contribution in [1.29, 1.82) is 0 Å². The molecule has 0 saturated heterocycles. The van der Waals surface area contributed by atoms with Gasteiger partial charge in [-0.2, -0.15) is 0 Å². The lowest BCUT2D eigenvalue weighted by atomic mass is 10.1. The third kappa shape index (κ3) is 3.61. The predicted octanol–water partition coefficient (Wildman–Crippen LogP) is 3.87. The fraction of sp³-hybridized carbons (Fsp3) is 0.190. The van der Waals surface area contributed by atoms with E-state index in [4.69, 9.17) is 4.74 Å². The van der Waals surface area contributed by atoms with Crippen LogP contribution in [0, 0.1) is 6.92 Å². The van der Waals surface area contributed by atoms with Gasteiger partial charge in [-0.05, 0) is 19.1 Å². The number of amides is 2. The van der Waals surface area contributed by atoms with E-state index in [1.807, 2.05) is 48.7 Å². The number of fused-ring (bicyclic) bond motifs is 1. The molecule has 6 nitrogen and oxygen atoms in total. The minimum Gasteiger partial charge on any atom is -0.476 e. The van der Waals surface area contributed by atoms with Gasteiger partial charge < -0.3 is 9.64 Å². The normalized spacial score (nSPS) is 15.5. The van der Waals surface area contributed by atoms with Crippen LogP contribution in [0.5, 0.6) is 5.75 Å². The average molecular weight is 393 g/mol. The minimum atomic E-state index is -0.800. The molecule has 0 spiro atoms. The smallest absolute Gasteiger partial charge is 0.269 e. The zero-order valence-corrected chi connectivity index (χ0v) is 16.3. The minimum absolute atomic E-state index is 0.135. The molecule has 2 amide bonds. The second-order valence-corrected chi connectivity index (χ2v) is 7.46.